The lowest BCUT2D eigenvalue weighted by molar-refractivity contribution is 0.0531. The molecular weight excluding hydrogens is 330 g/mol. The molecule has 0 bridgehead atoms. The average molecular weight is 351 g/mol. The van der Waals surface area contributed by atoms with Crippen LogP contribution in [0.4, 0.5) is 5.13 Å². The maximum atomic E-state index is 12.1. The number of thiazole rings is 1. The third kappa shape index (κ3) is 5.51. The number of pyridine rings is 1. The summed E-state index contributed by atoms with van der Waals surface area (Å²) in [5, 5.41) is 4.97. The van der Waals surface area contributed by atoms with E-state index in [1.165, 1.54) is 11.3 Å². The van der Waals surface area contributed by atoms with E-state index in [9.17, 15) is 4.79 Å². The molecule has 0 radical (unpaired) electrons. The highest BCUT2D eigenvalue weighted by atomic mass is 32.2. The normalized spacial score (nSPS) is 10.5. The summed E-state index contributed by atoms with van der Waals surface area (Å²) in [6, 6.07) is 5.77. The second-order valence-corrected chi connectivity index (χ2v) is 6.75. The highest BCUT2D eigenvalue weighted by Gasteiger charge is 2.19. The minimum atomic E-state index is -0.301. The minimum absolute atomic E-state index is 0.301. The first-order chi connectivity index (χ1) is 11.2. The fourth-order valence-corrected chi connectivity index (χ4v) is 3.62. The van der Waals surface area contributed by atoms with Crippen LogP contribution in [0.1, 0.15) is 42.1 Å². The van der Waals surface area contributed by atoms with Crippen molar-refractivity contribution in [1.82, 2.24) is 9.97 Å². The first kappa shape index (κ1) is 17.7. The first-order valence-electron chi connectivity index (χ1n) is 7.69. The van der Waals surface area contributed by atoms with Crippen LogP contribution in [0.5, 0.6) is 0 Å². The molecule has 0 fully saturated rings. The SMILES string of the molecule is CCCCNc1nc(CSc2ccccn2)c(C(=O)OCC)s1. The van der Waals surface area contributed by atoms with Crippen LogP contribution in [0, 0.1) is 0 Å². The van der Waals surface area contributed by atoms with Crippen LogP contribution >= 0.6 is 23.1 Å². The van der Waals surface area contributed by atoms with Gasteiger partial charge in [-0.2, -0.15) is 0 Å². The Bertz CT molecular complexity index is 617. The molecule has 0 aromatic carbocycles. The molecule has 0 unspecified atom stereocenters. The Kier molecular flexibility index (Phi) is 7.35. The summed E-state index contributed by atoms with van der Waals surface area (Å²) in [5.74, 6) is 0.294. The van der Waals surface area contributed by atoms with Gasteiger partial charge in [-0.1, -0.05) is 42.5 Å². The second kappa shape index (κ2) is 9.52. The third-order valence-electron chi connectivity index (χ3n) is 2.96. The topological polar surface area (TPSA) is 64.1 Å². The molecule has 2 rings (SSSR count). The first-order valence-corrected chi connectivity index (χ1v) is 9.49. The largest absolute Gasteiger partial charge is 0.462 e. The number of ether oxygens (including phenoxy) is 1. The van der Waals surface area contributed by atoms with Crippen LogP contribution in [0.2, 0.25) is 0 Å². The second-order valence-electron chi connectivity index (χ2n) is 4.75. The zero-order valence-electron chi connectivity index (χ0n) is 13.4. The number of thioether (sulfide) groups is 1. The van der Waals surface area contributed by atoms with Crippen molar-refractivity contribution in [1.29, 1.82) is 0 Å². The number of carbonyl (C=O) groups is 1. The highest BCUT2D eigenvalue weighted by molar-refractivity contribution is 7.98. The Labute approximate surface area is 144 Å². The van der Waals surface area contributed by atoms with Crippen molar-refractivity contribution in [3.8, 4) is 0 Å². The fourth-order valence-electron chi connectivity index (χ4n) is 1.83. The van der Waals surface area contributed by atoms with Gasteiger partial charge >= 0.3 is 5.97 Å². The zero-order valence-corrected chi connectivity index (χ0v) is 15.0. The van der Waals surface area contributed by atoms with Crippen molar-refractivity contribution in [3.05, 3.63) is 35.0 Å². The zero-order chi connectivity index (χ0) is 16.5. The molecule has 0 atom stereocenters. The van der Waals surface area contributed by atoms with Crippen molar-refractivity contribution >= 4 is 34.2 Å². The van der Waals surface area contributed by atoms with E-state index in [-0.39, 0.29) is 5.97 Å². The minimum Gasteiger partial charge on any atom is -0.462 e. The van der Waals surface area contributed by atoms with Gasteiger partial charge in [-0.3, -0.25) is 0 Å². The predicted molar refractivity (Wildman–Crippen MR) is 95.3 cm³/mol. The van der Waals surface area contributed by atoms with Gasteiger partial charge in [-0.05, 0) is 25.5 Å². The summed E-state index contributed by atoms with van der Waals surface area (Å²) < 4.78 is 5.14. The summed E-state index contributed by atoms with van der Waals surface area (Å²) in [7, 11) is 0. The van der Waals surface area contributed by atoms with E-state index in [4.69, 9.17) is 4.74 Å². The number of carbonyl (C=O) groups excluding carboxylic acids is 1. The Balaban J connectivity index is 2.09. The molecule has 0 aliphatic heterocycles. The molecule has 0 saturated heterocycles. The molecule has 2 aromatic rings. The Hall–Kier alpha value is -1.60. The number of rotatable bonds is 9. The lowest BCUT2D eigenvalue weighted by atomic mass is 10.3. The van der Waals surface area contributed by atoms with E-state index in [0.29, 0.717) is 17.2 Å². The summed E-state index contributed by atoms with van der Waals surface area (Å²) in [5.41, 5.74) is 0.753. The number of anilines is 1. The summed E-state index contributed by atoms with van der Waals surface area (Å²) >= 11 is 2.92. The van der Waals surface area contributed by atoms with Crippen molar-refractivity contribution < 1.29 is 9.53 Å². The molecule has 1 N–H and O–H groups in total. The maximum Gasteiger partial charge on any atom is 0.350 e. The number of unbranched alkanes of at least 4 members (excludes halogenated alkanes) is 1. The summed E-state index contributed by atoms with van der Waals surface area (Å²) in [4.78, 5) is 21.5. The maximum absolute atomic E-state index is 12.1. The van der Waals surface area contributed by atoms with E-state index in [1.807, 2.05) is 25.1 Å². The van der Waals surface area contributed by atoms with Gasteiger partial charge in [0, 0.05) is 18.5 Å². The molecule has 124 valence electrons. The van der Waals surface area contributed by atoms with Crippen LogP contribution < -0.4 is 5.32 Å². The third-order valence-corrected chi connectivity index (χ3v) is 4.95. The number of hydrogen-bond donors (Lipinski definition) is 1. The van der Waals surface area contributed by atoms with Gasteiger partial charge in [0.1, 0.15) is 4.88 Å². The predicted octanol–water partition coefficient (Wildman–Crippen LogP) is 4.22. The van der Waals surface area contributed by atoms with Gasteiger partial charge in [0.05, 0.1) is 17.3 Å². The van der Waals surface area contributed by atoms with Crippen LogP contribution in [0.15, 0.2) is 29.4 Å². The molecule has 0 aliphatic rings. The molecule has 0 aliphatic carbocycles. The van der Waals surface area contributed by atoms with Gasteiger partial charge in [-0.15, -0.1) is 0 Å². The van der Waals surface area contributed by atoms with Gasteiger partial charge in [-0.25, -0.2) is 14.8 Å². The average Bonchev–Trinajstić information content (AvgIpc) is 2.98. The molecule has 5 nitrogen and oxygen atoms in total. The lowest BCUT2D eigenvalue weighted by Crippen LogP contribution is -2.05. The summed E-state index contributed by atoms with van der Waals surface area (Å²) in [6.07, 6.45) is 3.95. The van der Waals surface area contributed by atoms with Crippen LogP contribution in [-0.4, -0.2) is 29.1 Å². The molecule has 0 saturated carbocycles. The Morgan fingerprint density at radius 3 is 2.96 bits per heavy atom. The smallest absolute Gasteiger partial charge is 0.350 e. The molecule has 23 heavy (non-hydrogen) atoms. The van der Waals surface area contributed by atoms with Crippen molar-refractivity contribution in [3.63, 3.8) is 0 Å². The summed E-state index contributed by atoms with van der Waals surface area (Å²) in [6.45, 7) is 5.17. The van der Waals surface area contributed by atoms with Crippen LogP contribution in [0.25, 0.3) is 0 Å². The van der Waals surface area contributed by atoms with Crippen molar-refractivity contribution in [2.45, 2.75) is 37.5 Å². The number of nitrogens with zero attached hydrogens (tertiary/aromatic N) is 2. The quantitative estimate of drug-likeness (QED) is 0.414. The lowest BCUT2D eigenvalue weighted by Gasteiger charge is -2.02. The van der Waals surface area contributed by atoms with Gasteiger partial charge in [0.15, 0.2) is 5.13 Å². The van der Waals surface area contributed by atoms with Crippen molar-refractivity contribution in [2.75, 3.05) is 18.5 Å². The van der Waals surface area contributed by atoms with E-state index in [1.54, 1.807) is 18.0 Å². The fraction of sp³-hybridized carbons (Fsp3) is 0.438. The van der Waals surface area contributed by atoms with Crippen molar-refractivity contribution in [2.24, 2.45) is 0 Å². The van der Waals surface area contributed by atoms with E-state index in [2.05, 4.69) is 22.2 Å². The number of nitrogens with one attached hydrogen (secondary N) is 1. The van der Waals surface area contributed by atoms with Gasteiger partial charge in [0.25, 0.3) is 0 Å². The number of aromatic nitrogens is 2. The Morgan fingerprint density at radius 1 is 1.39 bits per heavy atom. The van der Waals surface area contributed by atoms with E-state index >= 15 is 0 Å². The molecule has 0 amide bonds. The molecule has 2 heterocycles. The van der Waals surface area contributed by atoms with E-state index in [0.717, 1.165) is 35.2 Å². The molecular formula is C16H21N3O2S2. The Morgan fingerprint density at radius 2 is 2.26 bits per heavy atom. The van der Waals surface area contributed by atoms with Crippen LogP contribution in [-0.2, 0) is 10.5 Å². The van der Waals surface area contributed by atoms with Gasteiger partial charge in [0.2, 0.25) is 0 Å². The monoisotopic (exact) mass is 351 g/mol. The van der Waals surface area contributed by atoms with Crippen LogP contribution in [0.3, 0.4) is 0 Å². The number of hydrogen-bond acceptors (Lipinski definition) is 7. The highest BCUT2D eigenvalue weighted by Crippen LogP contribution is 2.29. The number of esters is 1. The van der Waals surface area contributed by atoms with Gasteiger partial charge < -0.3 is 10.1 Å². The van der Waals surface area contributed by atoms with E-state index < -0.39 is 0 Å². The molecule has 2 aromatic heterocycles. The standard InChI is InChI=1S/C16H21N3O2S2/c1-3-5-9-18-16-19-12(14(23-16)15(20)21-4-2)11-22-13-8-6-7-10-17-13/h6-8,10H,3-5,9,11H2,1-2H3,(H,18,19). The molecule has 7 heteroatoms. The molecule has 0 spiro atoms.